The van der Waals surface area contributed by atoms with Crippen LogP contribution in [0.25, 0.3) is 0 Å². The Morgan fingerprint density at radius 3 is 2.30 bits per heavy atom. The number of hydrogen-bond acceptors (Lipinski definition) is 4. The van der Waals surface area contributed by atoms with Gasteiger partial charge < -0.3 is 20.0 Å². The number of carboxylic acid groups (broad SMARTS) is 1. The number of piperazine rings is 1. The van der Waals surface area contributed by atoms with Crippen molar-refractivity contribution in [3.05, 3.63) is 0 Å². The van der Waals surface area contributed by atoms with Gasteiger partial charge in [-0.1, -0.05) is 0 Å². The Labute approximate surface area is 118 Å². The molecular formula is C13H23N3O4. The minimum atomic E-state index is -0.830. The molecule has 2 saturated heterocycles. The summed E-state index contributed by atoms with van der Waals surface area (Å²) in [6.45, 7) is 5.47. The number of likely N-dealkylation sites (tertiary alicyclic amines) is 1. The Kier molecular flexibility index (Phi) is 4.82. The molecule has 2 aliphatic heterocycles. The van der Waals surface area contributed by atoms with Crippen molar-refractivity contribution in [3.63, 3.8) is 0 Å². The molecule has 2 unspecified atom stereocenters. The van der Waals surface area contributed by atoms with E-state index in [9.17, 15) is 14.7 Å². The molecule has 0 spiro atoms. The molecule has 2 amide bonds. The van der Waals surface area contributed by atoms with E-state index in [1.807, 2.05) is 4.90 Å². The Morgan fingerprint density at radius 1 is 1.15 bits per heavy atom. The second-order valence-electron chi connectivity index (χ2n) is 5.67. The van der Waals surface area contributed by atoms with Gasteiger partial charge in [-0.2, -0.15) is 0 Å². The zero-order chi connectivity index (χ0) is 14.7. The van der Waals surface area contributed by atoms with Gasteiger partial charge in [-0.3, -0.25) is 9.69 Å². The predicted octanol–water partition coefficient (Wildman–Crippen LogP) is -0.489. The van der Waals surface area contributed by atoms with Crippen LogP contribution in [0.15, 0.2) is 0 Å². The third kappa shape index (κ3) is 3.61. The number of nitrogens with zero attached hydrogens (tertiary/aromatic N) is 3. The molecular weight excluding hydrogens is 262 g/mol. The van der Waals surface area contributed by atoms with Gasteiger partial charge in [-0.05, 0) is 13.3 Å². The van der Waals surface area contributed by atoms with E-state index in [-0.39, 0.29) is 24.6 Å². The van der Waals surface area contributed by atoms with Crippen LogP contribution < -0.4 is 0 Å². The maximum absolute atomic E-state index is 12.3. The highest BCUT2D eigenvalue weighted by molar-refractivity contribution is 5.75. The molecule has 0 saturated carbocycles. The molecule has 0 aliphatic carbocycles. The lowest BCUT2D eigenvalue weighted by atomic mass is 10.0. The van der Waals surface area contributed by atoms with Gasteiger partial charge >= 0.3 is 12.0 Å². The molecule has 7 heteroatoms. The highest BCUT2D eigenvalue weighted by atomic mass is 16.4. The maximum Gasteiger partial charge on any atom is 0.320 e. The van der Waals surface area contributed by atoms with Crippen molar-refractivity contribution in [2.75, 3.05) is 45.8 Å². The molecule has 0 aromatic heterocycles. The summed E-state index contributed by atoms with van der Waals surface area (Å²) in [5.74, 6) is -0.656. The van der Waals surface area contributed by atoms with E-state index in [4.69, 9.17) is 5.11 Å². The van der Waals surface area contributed by atoms with Crippen LogP contribution in [-0.2, 0) is 4.79 Å². The molecule has 2 N–H and O–H groups in total. The van der Waals surface area contributed by atoms with Crippen LogP contribution in [0.2, 0.25) is 0 Å². The fourth-order valence-electron chi connectivity index (χ4n) is 2.84. The number of aliphatic hydroxyl groups is 1. The van der Waals surface area contributed by atoms with Crippen LogP contribution in [-0.4, -0.2) is 88.8 Å². The lowest BCUT2D eigenvalue weighted by Gasteiger charge is -2.36. The lowest BCUT2D eigenvalue weighted by molar-refractivity contribution is -0.138. The molecule has 0 bridgehead atoms. The largest absolute Gasteiger partial charge is 0.480 e. The van der Waals surface area contributed by atoms with Crippen molar-refractivity contribution in [3.8, 4) is 0 Å². The van der Waals surface area contributed by atoms with E-state index in [0.29, 0.717) is 39.3 Å². The highest BCUT2D eigenvalue weighted by Crippen LogP contribution is 2.21. The van der Waals surface area contributed by atoms with Gasteiger partial charge in [-0.15, -0.1) is 0 Å². The van der Waals surface area contributed by atoms with Crippen LogP contribution in [0.3, 0.4) is 0 Å². The maximum atomic E-state index is 12.3. The third-order valence-electron chi connectivity index (χ3n) is 4.18. The number of urea groups is 1. The van der Waals surface area contributed by atoms with E-state index in [2.05, 4.69) is 0 Å². The van der Waals surface area contributed by atoms with Gasteiger partial charge in [0.25, 0.3) is 0 Å². The van der Waals surface area contributed by atoms with E-state index < -0.39 is 5.97 Å². The summed E-state index contributed by atoms with van der Waals surface area (Å²) in [6.07, 6.45) is 0.475. The first-order valence-corrected chi connectivity index (χ1v) is 7.13. The average molecular weight is 285 g/mol. The van der Waals surface area contributed by atoms with Gasteiger partial charge in [0, 0.05) is 45.2 Å². The third-order valence-corrected chi connectivity index (χ3v) is 4.18. The van der Waals surface area contributed by atoms with Crippen molar-refractivity contribution in [1.29, 1.82) is 0 Å². The summed E-state index contributed by atoms with van der Waals surface area (Å²) in [4.78, 5) is 28.4. The minimum absolute atomic E-state index is 0.0168. The number of carbonyl (C=O) groups is 2. The molecule has 0 aromatic rings. The summed E-state index contributed by atoms with van der Waals surface area (Å²) in [6, 6.07) is 0.0168. The zero-order valence-corrected chi connectivity index (χ0v) is 11.9. The number of amides is 2. The van der Waals surface area contributed by atoms with E-state index >= 15 is 0 Å². The van der Waals surface area contributed by atoms with Crippen LogP contribution >= 0.6 is 0 Å². The quantitative estimate of drug-likeness (QED) is 0.731. The predicted molar refractivity (Wildman–Crippen MR) is 72.4 cm³/mol. The smallest absolute Gasteiger partial charge is 0.320 e. The van der Waals surface area contributed by atoms with Crippen molar-refractivity contribution in [2.24, 2.45) is 5.92 Å². The number of rotatable bonds is 3. The SMILES string of the molecule is CC(O)C1CCN(C(=O)N2CCN(CC(=O)O)CC2)C1. The number of aliphatic carboxylic acids is 1. The van der Waals surface area contributed by atoms with E-state index in [1.165, 1.54) is 0 Å². The first kappa shape index (κ1) is 15.1. The summed E-state index contributed by atoms with van der Waals surface area (Å²) >= 11 is 0. The molecule has 0 aromatic carbocycles. The molecule has 2 aliphatic rings. The molecule has 2 fully saturated rings. The Bertz CT molecular complexity index is 367. The fourth-order valence-corrected chi connectivity index (χ4v) is 2.84. The molecule has 2 atom stereocenters. The Hall–Kier alpha value is -1.34. The Balaban J connectivity index is 1.79. The van der Waals surface area contributed by atoms with Gasteiger partial charge in [0.1, 0.15) is 0 Å². The summed E-state index contributed by atoms with van der Waals surface area (Å²) < 4.78 is 0. The summed E-state index contributed by atoms with van der Waals surface area (Å²) in [5, 5.41) is 18.3. The minimum Gasteiger partial charge on any atom is -0.480 e. The van der Waals surface area contributed by atoms with Crippen LogP contribution in [0.5, 0.6) is 0 Å². The first-order valence-electron chi connectivity index (χ1n) is 7.13. The van der Waals surface area contributed by atoms with Crippen molar-refractivity contribution >= 4 is 12.0 Å². The van der Waals surface area contributed by atoms with Gasteiger partial charge in [0.15, 0.2) is 0 Å². The Morgan fingerprint density at radius 2 is 1.80 bits per heavy atom. The number of carbonyl (C=O) groups excluding carboxylic acids is 1. The number of hydrogen-bond donors (Lipinski definition) is 2. The van der Waals surface area contributed by atoms with Crippen LogP contribution in [0.4, 0.5) is 4.79 Å². The topological polar surface area (TPSA) is 84.3 Å². The second kappa shape index (κ2) is 6.41. The van der Waals surface area contributed by atoms with Crippen molar-refractivity contribution < 1.29 is 19.8 Å². The summed E-state index contributed by atoms with van der Waals surface area (Å²) in [7, 11) is 0. The lowest BCUT2D eigenvalue weighted by Crippen LogP contribution is -2.53. The van der Waals surface area contributed by atoms with Crippen LogP contribution in [0, 0.1) is 5.92 Å². The molecule has 7 nitrogen and oxygen atoms in total. The van der Waals surface area contributed by atoms with Gasteiger partial charge in [-0.25, -0.2) is 4.79 Å². The second-order valence-corrected chi connectivity index (χ2v) is 5.67. The molecule has 2 heterocycles. The fraction of sp³-hybridized carbons (Fsp3) is 0.846. The first-order chi connectivity index (χ1) is 9.47. The van der Waals surface area contributed by atoms with Crippen molar-refractivity contribution in [1.82, 2.24) is 14.7 Å². The molecule has 2 rings (SSSR count). The molecule has 114 valence electrons. The molecule has 20 heavy (non-hydrogen) atoms. The van der Waals surface area contributed by atoms with Gasteiger partial charge in [0.2, 0.25) is 0 Å². The zero-order valence-electron chi connectivity index (χ0n) is 11.9. The number of aliphatic hydroxyl groups excluding tert-OH is 1. The summed E-state index contributed by atoms with van der Waals surface area (Å²) in [5.41, 5.74) is 0. The number of carboxylic acids is 1. The monoisotopic (exact) mass is 285 g/mol. The van der Waals surface area contributed by atoms with Gasteiger partial charge in [0.05, 0.1) is 12.6 Å². The normalized spacial score (nSPS) is 25.8. The van der Waals surface area contributed by atoms with Crippen molar-refractivity contribution in [2.45, 2.75) is 19.4 Å². The standard InChI is InChI=1S/C13H23N3O4/c1-10(17)11-2-3-16(8-11)13(20)15-6-4-14(5-7-15)9-12(18)19/h10-11,17H,2-9H2,1H3,(H,18,19). The highest BCUT2D eigenvalue weighted by Gasteiger charge is 2.32. The van der Waals surface area contributed by atoms with E-state index in [1.54, 1.807) is 16.7 Å². The van der Waals surface area contributed by atoms with E-state index in [0.717, 1.165) is 6.42 Å². The molecule has 0 radical (unpaired) electrons. The van der Waals surface area contributed by atoms with Crippen LogP contribution in [0.1, 0.15) is 13.3 Å². The average Bonchev–Trinajstić information content (AvgIpc) is 2.88.